The summed E-state index contributed by atoms with van der Waals surface area (Å²) in [6, 6.07) is 0. The molecule has 0 fully saturated rings. The fourth-order valence-corrected chi connectivity index (χ4v) is 1.66. The van der Waals surface area contributed by atoms with E-state index in [1.54, 1.807) is 0 Å². The number of nitrogens with zero attached hydrogens (tertiary/aromatic N) is 2. The summed E-state index contributed by atoms with van der Waals surface area (Å²) in [4.78, 5) is 0. The van der Waals surface area contributed by atoms with Crippen LogP contribution in [0.1, 0.15) is 38.3 Å². The Morgan fingerprint density at radius 2 is 2.00 bits per heavy atom. The Labute approximate surface area is 97.4 Å². The zero-order valence-electron chi connectivity index (χ0n) is 9.02. The smallest absolute Gasteiger partial charge is 0.271 e. The number of aryl methyl sites for hydroxylation is 1. The van der Waals surface area contributed by atoms with Gasteiger partial charge in [0.2, 0.25) is 0 Å². The topological polar surface area (TPSA) is 17.8 Å². The molecule has 1 rings (SSSR count). The molecule has 0 saturated heterocycles. The summed E-state index contributed by atoms with van der Waals surface area (Å²) >= 11 is 5.47. The molecular weight excluding hydrogens is 241 g/mol. The van der Waals surface area contributed by atoms with Gasteiger partial charge in [-0.25, -0.2) is 0 Å². The molecule has 0 atom stereocenters. The molecule has 0 aliphatic heterocycles. The van der Waals surface area contributed by atoms with Crippen molar-refractivity contribution in [2.24, 2.45) is 0 Å². The minimum Gasteiger partial charge on any atom is -0.271 e. The molecule has 0 unspecified atom stereocenters. The molecule has 0 radical (unpaired) electrons. The molecule has 0 saturated carbocycles. The maximum absolute atomic E-state index is 12.3. The van der Waals surface area contributed by atoms with E-state index in [-0.39, 0.29) is 5.02 Å². The third-order valence-corrected chi connectivity index (χ3v) is 2.50. The molecule has 0 bridgehead atoms. The number of hydrogen-bond acceptors (Lipinski definition) is 1. The SMILES string of the molecule is CCCCCCn1cc(Cl)c(C(F)(F)F)n1. The Bertz CT molecular complexity index is 333. The zero-order valence-corrected chi connectivity index (χ0v) is 9.78. The van der Waals surface area contributed by atoms with Crippen molar-refractivity contribution in [3.63, 3.8) is 0 Å². The van der Waals surface area contributed by atoms with Gasteiger partial charge in [0.05, 0.1) is 5.02 Å². The molecular formula is C10H14ClF3N2. The van der Waals surface area contributed by atoms with E-state index in [0.29, 0.717) is 6.54 Å². The minimum atomic E-state index is -4.47. The van der Waals surface area contributed by atoms with Gasteiger partial charge in [0.1, 0.15) is 0 Å². The third kappa shape index (κ3) is 3.70. The second kappa shape index (κ2) is 5.57. The zero-order chi connectivity index (χ0) is 12.2. The van der Waals surface area contributed by atoms with Gasteiger partial charge in [0, 0.05) is 12.7 Å². The van der Waals surface area contributed by atoms with E-state index in [4.69, 9.17) is 11.6 Å². The van der Waals surface area contributed by atoms with Gasteiger partial charge in [-0.2, -0.15) is 18.3 Å². The van der Waals surface area contributed by atoms with Crippen molar-refractivity contribution in [3.05, 3.63) is 16.9 Å². The number of alkyl halides is 3. The van der Waals surface area contributed by atoms with Gasteiger partial charge in [-0.3, -0.25) is 4.68 Å². The summed E-state index contributed by atoms with van der Waals surface area (Å²) in [5, 5.41) is 3.11. The number of halogens is 4. The Kier molecular flexibility index (Phi) is 4.65. The molecule has 1 aromatic rings. The van der Waals surface area contributed by atoms with E-state index in [1.807, 2.05) is 0 Å². The highest BCUT2D eigenvalue weighted by Gasteiger charge is 2.36. The van der Waals surface area contributed by atoms with Crippen molar-refractivity contribution < 1.29 is 13.2 Å². The van der Waals surface area contributed by atoms with E-state index in [9.17, 15) is 13.2 Å². The van der Waals surface area contributed by atoms with Crippen LogP contribution in [0.5, 0.6) is 0 Å². The molecule has 6 heteroatoms. The fraction of sp³-hybridized carbons (Fsp3) is 0.700. The summed E-state index contributed by atoms with van der Waals surface area (Å²) in [5.74, 6) is 0. The molecule has 0 N–H and O–H groups in total. The van der Waals surface area contributed by atoms with Crippen LogP contribution in [0, 0.1) is 0 Å². The lowest BCUT2D eigenvalue weighted by atomic mass is 10.2. The standard InChI is InChI=1S/C10H14ClF3N2/c1-2-3-4-5-6-16-7-8(11)9(15-16)10(12,13)14/h7H,2-6H2,1H3. The lowest BCUT2D eigenvalue weighted by Gasteiger charge is -2.02. The quantitative estimate of drug-likeness (QED) is 0.722. The van der Waals surface area contributed by atoms with Crippen molar-refractivity contribution in [2.75, 3.05) is 0 Å². The normalized spacial score (nSPS) is 12.1. The summed E-state index contributed by atoms with van der Waals surface area (Å²) in [7, 11) is 0. The molecule has 0 aromatic carbocycles. The van der Waals surface area contributed by atoms with Crippen LogP contribution in [0.25, 0.3) is 0 Å². The average Bonchev–Trinajstić information content (AvgIpc) is 2.54. The second-order valence-electron chi connectivity index (χ2n) is 3.65. The van der Waals surface area contributed by atoms with Gasteiger partial charge >= 0.3 is 6.18 Å². The summed E-state index contributed by atoms with van der Waals surface area (Å²) in [6.45, 7) is 2.56. The highest BCUT2D eigenvalue weighted by Crippen LogP contribution is 2.33. The van der Waals surface area contributed by atoms with Crippen LogP contribution >= 0.6 is 11.6 Å². The van der Waals surface area contributed by atoms with Crippen molar-refractivity contribution in [1.29, 1.82) is 0 Å². The van der Waals surface area contributed by atoms with Crippen molar-refractivity contribution in [1.82, 2.24) is 9.78 Å². The molecule has 2 nitrogen and oxygen atoms in total. The van der Waals surface area contributed by atoms with Crippen LogP contribution in [-0.4, -0.2) is 9.78 Å². The van der Waals surface area contributed by atoms with Gasteiger partial charge in [0.15, 0.2) is 5.69 Å². The molecule has 0 spiro atoms. The van der Waals surface area contributed by atoms with E-state index in [0.717, 1.165) is 25.7 Å². The third-order valence-electron chi connectivity index (χ3n) is 2.23. The van der Waals surface area contributed by atoms with Crippen molar-refractivity contribution in [2.45, 2.75) is 45.3 Å². The van der Waals surface area contributed by atoms with Crippen LogP contribution in [0.4, 0.5) is 13.2 Å². The summed E-state index contributed by atoms with van der Waals surface area (Å²) < 4.78 is 38.3. The van der Waals surface area contributed by atoms with E-state index in [2.05, 4.69) is 12.0 Å². The maximum Gasteiger partial charge on any atom is 0.436 e. The Hall–Kier alpha value is -0.710. The Morgan fingerprint density at radius 3 is 2.50 bits per heavy atom. The molecule has 92 valence electrons. The van der Waals surface area contributed by atoms with Gasteiger partial charge in [-0.1, -0.05) is 37.8 Å². The number of unbranched alkanes of at least 4 members (excludes halogenated alkanes) is 3. The van der Waals surface area contributed by atoms with Gasteiger partial charge in [-0.05, 0) is 6.42 Å². The molecule has 0 aliphatic carbocycles. The second-order valence-corrected chi connectivity index (χ2v) is 4.05. The van der Waals surface area contributed by atoms with Crippen LogP contribution in [0.3, 0.4) is 0 Å². The minimum absolute atomic E-state index is 0.331. The highest BCUT2D eigenvalue weighted by molar-refractivity contribution is 6.31. The molecule has 16 heavy (non-hydrogen) atoms. The Balaban J connectivity index is 2.56. The summed E-state index contributed by atoms with van der Waals surface area (Å²) in [5.41, 5.74) is -0.996. The van der Waals surface area contributed by atoms with Crippen LogP contribution in [0.2, 0.25) is 5.02 Å². The summed E-state index contributed by atoms with van der Waals surface area (Å²) in [6.07, 6.45) is 0.759. The molecule has 1 heterocycles. The lowest BCUT2D eigenvalue weighted by molar-refractivity contribution is -0.141. The van der Waals surface area contributed by atoms with E-state index in [1.165, 1.54) is 10.9 Å². The molecule has 0 aliphatic rings. The van der Waals surface area contributed by atoms with Crippen LogP contribution in [-0.2, 0) is 12.7 Å². The number of hydrogen-bond donors (Lipinski definition) is 0. The maximum atomic E-state index is 12.3. The van der Waals surface area contributed by atoms with E-state index >= 15 is 0 Å². The predicted octanol–water partition coefficient (Wildman–Crippen LogP) is 4.14. The lowest BCUT2D eigenvalue weighted by Crippen LogP contribution is -2.08. The predicted molar refractivity (Wildman–Crippen MR) is 56.4 cm³/mol. The number of aromatic nitrogens is 2. The largest absolute Gasteiger partial charge is 0.436 e. The number of rotatable bonds is 5. The van der Waals surface area contributed by atoms with E-state index < -0.39 is 11.9 Å². The fourth-order valence-electron chi connectivity index (χ4n) is 1.40. The first kappa shape index (κ1) is 13.4. The first-order valence-electron chi connectivity index (χ1n) is 5.25. The monoisotopic (exact) mass is 254 g/mol. The van der Waals surface area contributed by atoms with Crippen LogP contribution in [0.15, 0.2) is 6.20 Å². The highest BCUT2D eigenvalue weighted by atomic mass is 35.5. The first-order valence-corrected chi connectivity index (χ1v) is 5.63. The van der Waals surface area contributed by atoms with Gasteiger partial charge < -0.3 is 0 Å². The molecule has 1 aromatic heterocycles. The van der Waals surface area contributed by atoms with Crippen molar-refractivity contribution >= 4 is 11.6 Å². The Morgan fingerprint density at radius 1 is 1.31 bits per heavy atom. The molecule has 0 amide bonds. The van der Waals surface area contributed by atoms with Gasteiger partial charge in [0.25, 0.3) is 0 Å². The van der Waals surface area contributed by atoms with Gasteiger partial charge in [-0.15, -0.1) is 0 Å². The first-order chi connectivity index (χ1) is 7.45. The van der Waals surface area contributed by atoms with Crippen molar-refractivity contribution in [3.8, 4) is 0 Å². The van der Waals surface area contributed by atoms with Crippen LogP contribution < -0.4 is 0 Å². The average molecular weight is 255 g/mol.